The van der Waals surface area contributed by atoms with Gasteiger partial charge in [-0.15, -0.1) is 0 Å². The monoisotopic (exact) mass is 434 g/mol. The highest BCUT2D eigenvalue weighted by molar-refractivity contribution is 9.11. The third-order valence-electron chi connectivity index (χ3n) is 2.64. The van der Waals surface area contributed by atoms with Gasteiger partial charge < -0.3 is 10.5 Å². The van der Waals surface area contributed by atoms with E-state index in [0.29, 0.717) is 32.0 Å². The van der Waals surface area contributed by atoms with Crippen molar-refractivity contribution in [3.8, 4) is 11.5 Å². The van der Waals surface area contributed by atoms with E-state index in [1.165, 1.54) is 12.1 Å². The van der Waals surface area contributed by atoms with Gasteiger partial charge in [0.2, 0.25) is 0 Å². The summed E-state index contributed by atoms with van der Waals surface area (Å²) in [6.45, 7) is 0.380. The highest BCUT2D eigenvalue weighted by atomic mass is 79.9. The number of benzene rings is 2. The molecule has 0 aliphatic rings. The van der Waals surface area contributed by atoms with Crippen molar-refractivity contribution in [2.45, 2.75) is 6.54 Å². The second-order valence-corrected chi connectivity index (χ2v) is 6.18. The van der Waals surface area contributed by atoms with Gasteiger partial charge in [0.25, 0.3) is 5.69 Å². The van der Waals surface area contributed by atoms with Crippen molar-refractivity contribution in [1.82, 2.24) is 0 Å². The lowest BCUT2D eigenvalue weighted by Gasteiger charge is -2.12. The van der Waals surface area contributed by atoms with Crippen LogP contribution in [0.4, 0.5) is 5.69 Å². The summed E-state index contributed by atoms with van der Waals surface area (Å²) < 4.78 is 6.61. The van der Waals surface area contributed by atoms with Gasteiger partial charge in [-0.25, -0.2) is 0 Å². The molecule has 2 aromatic carbocycles. The zero-order chi connectivity index (χ0) is 15.6. The van der Waals surface area contributed by atoms with Crippen LogP contribution in [0.3, 0.4) is 0 Å². The number of non-ortho nitro benzene ring substituents is 1. The van der Waals surface area contributed by atoms with Gasteiger partial charge in [-0.2, -0.15) is 0 Å². The maximum absolute atomic E-state index is 10.8. The topological polar surface area (TPSA) is 78.4 Å². The number of nitrogens with zero attached hydrogens (tertiary/aromatic N) is 1. The Bertz CT molecular complexity index is 687. The van der Waals surface area contributed by atoms with Crippen LogP contribution in [-0.2, 0) is 6.54 Å². The maximum Gasteiger partial charge on any atom is 0.271 e. The molecule has 2 rings (SSSR count). The van der Waals surface area contributed by atoms with Crippen molar-refractivity contribution in [1.29, 1.82) is 0 Å². The lowest BCUT2D eigenvalue weighted by atomic mass is 10.2. The van der Waals surface area contributed by atoms with Crippen molar-refractivity contribution < 1.29 is 9.66 Å². The molecule has 0 atom stereocenters. The van der Waals surface area contributed by atoms with E-state index in [9.17, 15) is 10.1 Å². The minimum atomic E-state index is -0.484. The second-order valence-electron chi connectivity index (χ2n) is 4.07. The highest BCUT2D eigenvalue weighted by Crippen LogP contribution is 2.41. The van der Waals surface area contributed by atoms with E-state index >= 15 is 0 Å². The Balaban J connectivity index is 2.38. The number of nitrogens with two attached hydrogens (primary N) is 1. The van der Waals surface area contributed by atoms with Crippen LogP contribution in [0.5, 0.6) is 11.5 Å². The van der Waals surface area contributed by atoms with Crippen LogP contribution >= 0.6 is 43.5 Å². The number of nitro groups is 1. The number of hydrogen-bond acceptors (Lipinski definition) is 4. The average molecular weight is 436 g/mol. The van der Waals surface area contributed by atoms with Gasteiger partial charge in [-0.1, -0.05) is 17.7 Å². The highest BCUT2D eigenvalue weighted by Gasteiger charge is 2.16. The second kappa shape index (κ2) is 6.74. The van der Waals surface area contributed by atoms with E-state index in [0.717, 1.165) is 5.56 Å². The molecule has 2 aromatic rings. The molecule has 8 heteroatoms. The molecule has 0 radical (unpaired) electrons. The van der Waals surface area contributed by atoms with Crippen LogP contribution in [0.25, 0.3) is 0 Å². The molecule has 0 unspecified atom stereocenters. The summed E-state index contributed by atoms with van der Waals surface area (Å²) >= 11 is 12.6. The van der Waals surface area contributed by atoms with Crippen LogP contribution in [-0.4, -0.2) is 4.92 Å². The average Bonchev–Trinajstić information content (AvgIpc) is 2.43. The predicted octanol–water partition coefficient (Wildman–Crippen LogP) is 5.02. The molecule has 110 valence electrons. The number of nitro benzene ring substituents is 1. The third kappa shape index (κ3) is 3.74. The molecule has 0 bridgehead atoms. The standard InChI is InChI=1S/C13H9Br2ClN2O3/c14-9-4-8(18(19)20)5-10(15)13(9)21-12-2-1-7(6-17)3-11(12)16/h1-5H,6,17H2. The van der Waals surface area contributed by atoms with E-state index in [1.54, 1.807) is 18.2 Å². The van der Waals surface area contributed by atoms with E-state index in [1.807, 2.05) is 0 Å². The smallest absolute Gasteiger partial charge is 0.271 e. The van der Waals surface area contributed by atoms with Gasteiger partial charge in [0.15, 0.2) is 5.75 Å². The molecule has 21 heavy (non-hydrogen) atoms. The fraction of sp³-hybridized carbons (Fsp3) is 0.0769. The molecule has 0 aromatic heterocycles. The summed E-state index contributed by atoms with van der Waals surface area (Å²) in [7, 11) is 0. The Morgan fingerprint density at radius 1 is 1.24 bits per heavy atom. The Labute approximate surface area is 142 Å². The van der Waals surface area contributed by atoms with E-state index in [2.05, 4.69) is 31.9 Å². The zero-order valence-corrected chi connectivity index (χ0v) is 14.4. The molecular formula is C13H9Br2ClN2O3. The van der Waals surface area contributed by atoms with Crippen molar-refractivity contribution in [3.63, 3.8) is 0 Å². The molecule has 0 fully saturated rings. The van der Waals surface area contributed by atoms with Crippen molar-refractivity contribution in [3.05, 3.63) is 60.0 Å². The summed E-state index contributed by atoms with van der Waals surface area (Å²) in [6.07, 6.45) is 0. The van der Waals surface area contributed by atoms with Gasteiger partial charge in [0, 0.05) is 18.7 Å². The first kappa shape index (κ1) is 16.2. The normalized spacial score (nSPS) is 10.5. The first-order valence-electron chi connectivity index (χ1n) is 5.72. The van der Waals surface area contributed by atoms with Crippen LogP contribution < -0.4 is 10.5 Å². The molecule has 0 amide bonds. The first-order chi connectivity index (χ1) is 9.92. The molecule has 0 heterocycles. The zero-order valence-electron chi connectivity index (χ0n) is 10.5. The van der Waals surface area contributed by atoms with Gasteiger partial charge in [0.05, 0.1) is 18.9 Å². The lowest BCUT2D eigenvalue weighted by molar-refractivity contribution is -0.385. The van der Waals surface area contributed by atoms with Gasteiger partial charge >= 0.3 is 0 Å². The van der Waals surface area contributed by atoms with Crippen LogP contribution in [0.1, 0.15) is 5.56 Å². The quantitative estimate of drug-likeness (QED) is 0.539. The first-order valence-corrected chi connectivity index (χ1v) is 7.68. The number of hydrogen-bond donors (Lipinski definition) is 1. The Morgan fingerprint density at radius 2 is 1.86 bits per heavy atom. The molecular weight excluding hydrogens is 427 g/mol. The minimum Gasteiger partial charge on any atom is -0.453 e. The van der Waals surface area contributed by atoms with Crippen LogP contribution in [0.15, 0.2) is 39.3 Å². The summed E-state index contributed by atoms with van der Waals surface area (Å²) in [4.78, 5) is 10.3. The molecule has 5 nitrogen and oxygen atoms in total. The molecule has 0 aliphatic carbocycles. The molecule has 0 aliphatic heterocycles. The Hall–Kier alpha value is -1.15. The maximum atomic E-state index is 10.8. The Kier molecular flexibility index (Phi) is 5.21. The largest absolute Gasteiger partial charge is 0.453 e. The molecule has 0 saturated heterocycles. The number of halogens is 3. The molecule has 2 N–H and O–H groups in total. The fourth-order valence-electron chi connectivity index (χ4n) is 1.61. The van der Waals surface area contributed by atoms with E-state index in [-0.39, 0.29) is 5.69 Å². The summed E-state index contributed by atoms with van der Waals surface area (Å²) in [5.74, 6) is 0.840. The third-order valence-corrected chi connectivity index (χ3v) is 4.11. The fourth-order valence-corrected chi connectivity index (χ4v) is 3.18. The predicted molar refractivity (Wildman–Crippen MR) is 87.9 cm³/mol. The van der Waals surface area contributed by atoms with Gasteiger partial charge in [0.1, 0.15) is 5.75 Å². The van der Waals surface area contributed by atoms with Crippen molar-refractivity contribution in [2.75, 3.05) is 0 Å². The SMILES string of the molecule is NCc1ccc(Oc2c(Br)cc([N+](=O)[O-])cc2Br)c(Cl)c1. The van der Waals surface area contributed by atoms with E-state index in [4.69, 9.17) is 22.1 Å². The van der Waals surface area contributed by atoms with Gasteiger partial charge in [-0.3, -0.25) is 10.1 Å². The lowest BCUT2D eigenvalue weighted by Crippen LogP contribution is -1.97. The molecule has 0 saturated carbocycles. The summed E-state index contributed by atoms with van der Waals surface area (Å²) in [5, 5.41) is 11.2. The van der Waals surface area contributed by atoms with E-state index < -0.39 is 4.92 Å². The van der Waals surface area contributed by atoms with Crippen molar-refractivity contribution in [2.24, 2.45) is 5.73 Å². The van der Waals surface area contributed by atoms with Crippen LogP contribution in [0, 0.1) is 10.1 Å². The Morgan fingerprint density at radius 3 is 2.33 bits per heavy atom. The van der Waals surface area contributed by atoms with Crippen LogP contribution in [0.2, 0.25) is 5.02 Å². The molecule has 0 spiro atoms. The van der Waals surface area contributed by atoms with Crippen molar-refractivity contribution >= 4 is 49.1 Å². The summed E-state index contributed by atoms with van der Waals surface area (Å²) in [6, 6.07) is 7.94. The minimum absolute atomic E-state index is 0.0503. The number of ether oxygens (including phenoxy) is 1. The summed E-state index contributed by atoms with van der Waals surface area (Å²) in [5.41, 5.74) is 6.37. The number of rotatable bonds is 4. The van der Waals surface area contributed by atoms with Gasteiger partial charge in [-0.05, 0) is 49.6 Å².